The summed E-state index contributed by atoms with van der Waals surface area (Å²) in [6.07, 6.45) is 0.859. The highest BCUT2D eigenvalue weighted by Crippen LogP contribution is 2.36. The molecule has 0 unspecified atom stereocenters. The van der Waals surface area contributed by atoms with Crippen LogP contribution < -0.4 is 20.1 Å². The van der Waals surface area contributed by atoms with Crippen molar-refractivity contribution in [3.05, 3.63) is 39.1 Å². The predicted molar refractivity (Wildman–Crippen MR) is 92.4 cm³/mol. The van der Waals surface area contributed by atoms with Gasteiger partial charge in [0.15, 0.2) is 17.2 Å². The smallest absolute Gasteiger partial charge is 0.272 e. The van der Waals surface area contributed by atoms with E-state index in [9.17, 15) is 4.79 Å². The van der Waals surface area contributed by atoms with E-state index in [-0.39, 0.29) is 5.91 Å². The van der Waals surface area contributed by atoms with E-state index in [1.54, 1.807) is 14.2 Å². The van der Waals surface area contributed by atoms with E-state index in [0.29, 0.717) is 30.3 Å². The van der Waals surface area contributed by atoms with Crippen LogP contribution in [0.25, 0.3) is 0 Å². The van der Waals surface area contributed by atoms with Crippen molar-refractivity contribution in [3.8, 4) is 11.5 Å². The molecule has 3 rings (SSSR count). The number of carbonyl (C=O) groups is 1. The number of aromatic amines is 1. The molecule has 1 aliphatic heterocycles. The number of methoxy groups -OCH3 is 2. The lowest BCUT2D eigenvalue weighted by molar-refractivity contribution is 0.0944. The van der Waals surface area contributed by atoms with Crippen molar-refractivity contribution >= 4 is 21.8 Å². The maximum Gasteiger partial charge on any atom is 0.272 e. The molecule has 128 valence electrons. The first kappa shape index (κ1) is 16.8. The fourth-order valence-corrected chi connectivity index (χ4v) is 3.40. The van der Waals surface area contributed by atoms with Crippen molar-refractivity contribution in [1.29, 1.82) is 0 Å². The lowest BCUT2D eigenvalue weighted by Gasteiger charge is -2.14. The van der Waals surface area contributed by atoms with Gasteiger partial charge in [0, 0.05) is 37.3 Å². The quantitative estimate of drug-likeness (QED) is 0.718. The van der Waals surface area contributed by atoms with E-state index in [0.717, 1.165) is 34.3 Å². The molecule has 1 aromatic heterocycles. The molecular formula is C16H19BrN4O3. The van der Waals surface area contributed by atoms with Crippen LogP contribution in [0.5, 0.6) is 11.5 Å². The molecule has 0 atom stereocenters. The highest BCUT2D eigenvalue weighted by molar-refractivity contribution is 9.10. The second-order valence-corrected chi connectivity index (χ2v) is 6.31. The van der Waals surface area contributed by atoms with E-state index in [1.165, 1.54) is 0 Å². The van der Waals surface area contributed by atoms with E-state index >= 15 is 0 Å². The first-order valence-electron chi connectivity index (χ1n) is 7.59. The molecule has 0 spiro atoms. The Morgan fingerprint density at radius 3 is 2.96 bits per heavy atom. The lowest BCUT2D eigenvalue weighted by Crippen LogP contribution is -2.28. The fourth-order valence-electron chi connectivity index (χ4n) is 2.75. The predicted octanol–water partition coefficient (Wildman–Crippen LogP) is 1.77. The normalized spacial score (nSPS) is 13.3. The van der Waals surface area contributed by atoms with Gasteiger partial charge in [0.25, 0.3) is 5.91 Å². The topological polar surface area (TPSA) is 88.3 Å². The second-order valence-electron chi connectivity index (χ2n) is 5.45. The maximum absolute atomic E-state index is 12.4. The van der Waals surface area contributed by atoms with Crippen molar-refractivity contribution in [2.45, 2.75) is 19.5 Å². The van der Waals surface area contributed by atoms with Crippen molar-refractivity contribution in [2.24, 2.45) is 0 Å². The van der Waals surface area contributed by atoms with E-state index in [2.05, 4.69) is 36.8 Å². The van der Waals surface area contributed by atoms with Crippen LogP contribution in [0, 0.1) is 0 Å². The standard InChI is InChI=1S/C16H19BrN4O3/c1-23-13-6-9(5-11(17)15(13)24-2)7-19-16(22)14-10-8-18-4-3-12(10)20-21-14/h5-6,18H,3-4,7-8H2,1-2H3,(H,19,22)(H,20,21). The van der Waals surface area contributed by atoms with Crippen molar-refractivity contribution in [1.82, 2.24) is 20.8 Å². The zero-order chi connectivity index (χ0) is 17.1. The zero-order valence-electron chi connectivity index (χ0n) is 13.5. The van der Waals surface area contributed by atoms with E-state index in [4.69, 9.17) is 9.47 Å². The molecule has 0 saturated carbocycles. The second kappa shape index (κ2) is 7.23. The Kier molecular flexibility index (Phi) is 5.06. The van der Waals surface area contributed by atoms with Gasteiger partial charge >= 0.3 is 0 Å². The average molecular weight is 395 g/mol. The molecule has 1 amide bonds. The molecular weight excluding hydrogens is 376 g/mol. The Morgan fingerprint density at radius 2 is 2.21 bits per heavy atom. The Labute approximate surface area is 148 Å². The van der Waals surface area contributed by atoms with Crippen LogP contribution in [0.4, 0.5) is 0 Å². The van der Waals surface area contributed by atoms with Gasteiger partial charge in [-0.2, -0.15) is 5.10 Å². The van der Waals surface area contributed by atoms with Crippen LogP contribution in [-0.2, 0) is 19.5 Å². The number of H-pyrrole nitrogens is 1. The van der Waals surface area contributed by atoms with Crippen LogP contribution in [0.15, 0.2) is 16.6 Å². The first-order valence-corrected chi connectivity index (χ1v) is 8.38. The third kappa shape index (κ3) is 3.25. The van der Waals surface area contributed by atoms with Gasteiger partial charge in [-0.1, -0.05) is 0 Å². The Morgan fingerprint density at radius 1 is 1.38 bits per heavy atom. The van der Waals surface area contributed by atoms with Gasteiger partial charge in [0.05, 0.1) is 18.7 Å². The number of halogens is 1. The van der Waals surface area contributed by atoms with Crippen LogP contribution in [-0.4, -0.2) is 36.9 Å². The maximum atomic E-state index is 12.4. The molecule has 8 heteroatoms. The zero-order valence-corrected chi connectivity index (χ0v) is 15.1. The molecule has 1 aliphatic rings. The van der Waals surface area contributed by atoms with Crippen LogP contribution in [0.2, 0.25) is 0 Å². The van der Waals surface area contributed by atoms with Gasteiger partial charge in [-0.05, 0) is 33.6 Å². The molecule has 1 aromatic carbocycles. The number of amides is 1. The summed E-state index contributed by atoms with van der Waals surface area (Å²) in [6.45, 7) is 1.93. The van der Waals surface area contributed by atoms with Gasteiger partial charge in [0.1, 0.15) is 0 Å². The molecule has 2 aromatic rings. The van der Waals surface area contributed by atoms with Crippen LogP contribution in [0.3, 0.4) is 0 Å². The van der Waals surface area contributed by atoms with Crippen LogP contribution in [0.1, 0.15) is 27.3 Å². The third-order valence-electron chi connectivity index (χ3n) is 3.97. The molecule has 0 aliphatic carbocycles. The van der Waals surface area contributed by atoms with Gasteiger partial charge in [-0.25, -0.2) is 0 Å². The number of hydrogen-bond donors (Lipinski definition) is 3. The molecule has 0 bridgehead atoms. The summed E-state index contributed by atoms with van der Waals surface area (Å²) in [5, 5.41) is 13.3. The van der Waals surface area contributed by atoms with Gasteiger partial charge < -0.3 is 20.1 Å². The Bertz CT molecular complexity index is 760. The summed E-state index contributed by atoms with van der Waals surface area (Å²) >= 11 is 3.45. The number of benzene rings is 1. The fraction of sp³-hybridized carbons (Fsp3) is 0.375. The monoisotopic (exact) mass is 394 g/mol. The number of fused-ring (bicyclic) bond motifs is 1. The summed E-state index contributed by atoms with van der Waals surface area (Å²) in [5.74, 6) is 1.04. The summed E-state index contributed by atoms with van der Waals surface area (Å²) in [6, 6.07) is 3.73. The van der Waals surface area contributed by atoms with Crippen molar-refractivity contribution in [2.75, 3.05) is 20.8 Å². The highest BCUT2D eigenvalue weighted by Gasteiger charge is 2.21. The number of ether oxygens (including phenoxy) is 2. The molecule has 0 saturated heterocycles. The summed E-state index contributed by atoms with van der Waals surface area (Å²) < 4.78 is 11.4. The third-order valence-corrected chi connectivity index (χ3v) is 4.56. The average Bonchev–Trinajstić information content (AvgIpc) is 3.03. The molecule has 2 heterocycles. The molecule has 7 nitrogen and oxygen atoms in total. The van der Waals surface area contributed by atoms with Crippen molar-refractivity contribution in [3.63, 3.8) is 0 Å². The highest BCUT2D eigenvalue weighted by atomic mass is 79.9. The summed E-state index contributed by atoms with van der Waals surface area (Å²) in [5.41, 5.74) is 3.34. The molecule has 3 N–H and O–H groups in total. The van der Waals surface area contributed by atoms with Gasteiger partial charge in [-0.3, -0.25) is 9.89 Å². The Balaban J connectivity index is 1.73. The first-order chi connectivity index (χ1) is 11.6. The number of carbonyl (C=O) groups excluding carboxylic acids is 1. The number of rotatable bonds is 5. The minimum atomic E-state index is -0.192. The SMILES string of the molecule is COc1cc(CNC(=O)c2n[nH]c3c2CNCC3)cc(Br)c1OC. The lowest BCUT2D eigenvalue weighted by atomic mass is 10.1. The molecule has 0 radical (unpaired) electrons. The number of nitrogens with one attached hydrogen (secondary N) is 3. The Hall–Kier alpha value is -2.06. The molecule has 24 heavy (non-hydrogen) atoms. The van der Waals surface area contributed by atoms with Crippen molar-refractivity contribution < 1.29 is 14.3 Å². The number of nitrogens with zero attached hydrogens (tertiary/aromatic N) is 1. The molecule has 0 fully saturated rings. The summed E-state index contributed by atoms with van der Waals surface area (Å²) in [4.78, 5) is 12.4. The van der Waals surface area contributed by atoms with Gasteiger partial charge in [-0.15, -0.1) is 0 Å². The van der Waals surface area contributed by atoms with Crippen LogP contribution >= 0.6 is 15.9 Å². The number of aromatic nitrogens is 2. The summed E-state index contributed by atoms with van der Waals surface area (Å²) in [7, 11) is 3.16. The number of hydrogen-bond acceptors (Lipinski definition) is 5. The minimum absolute atomic E-state index is 0.192. The largest absolute Gasteiger partial charge is 0.493 e. The van der Waals surface area contributed by atoms with E-state index < -0.39 is 0 Å². The van der Waals surface area contributed by atoms with E-state index in [1.807, 2.05) is 12.1 Å². The minimum Gasteiger partial charge on any atom is -0.493 e. The van der Waals surface area contributed by atoms with Gasteiger partial charge in [0.2, 0.25) is 0 Å².